The van der Waals surface area contributed by atoms with Crippen molar-refractivity contribution in [1.29, 1.82) is 0 Å². The average molecular weight is 340 g/mol. The fraction of sp³-hybridized carbons (Fsp3) is 0.667. The van der Waals surface area contributed by atoms with Gasteiger partial charge < -0.3 is 13.9 Å². The molecule has 1 aromatic carbocycles. The van der Waals surface area contributed by atoms with Crippen LogP contribution in [0.15, 0.2) is 24.3 Å². The zero-order valence-electron chi connectivity index (χ0n) is 16.6. The molecule has 5 heteroatoms. The van der Waals surface area contributed by atoms with Crippen molar-refractivity contribution < 1.29 is 13.9 Å². The van der Waals surface area contributed by atoms with E-state index in [1.54, 1.807) is 13.3 Å². The Kier molecular flexibility index (Phi) is 8.30. The summed E-state index contributed by atoms with van der Waals surface area (Å²) in [6.45, 7) is 19.7. The normalized spacial score (nSPS) is 18.4. The summed E-state index contributed by atoms with van der Waals surface area (Å²) < 4.78 is 24.0. The average Bonchev–Trinajstić information content (AvgIpc) is 2.71. The third-order valence-corrected chi connectivity index (χ3v) is 5.58. The van der Waals surface area contributed by atoms with E-state index < -0.39 is 7.14 Å². The van der Waals surface area contributed by atoms with Crippen LogP contribution in [0.25, 0.3) is 0 Å². The van der Waals surface area contributed by atoms with Crippen molar-refractivity contribution >= 4 is 25.0 Å². The van der Waals surface area contributed by atoms with Gasteiger partial charge in [0.05, 0.1) is 11.2 Å². The molecular weight excluding hydrogens is 306 g/mol. The van der Waals surface area contributed by atoms with E-state index in [9.17, 15) is 4.57 Å². The Labute approximate surface area is 143 Å². The Hall–Kier alpha value is -0.565. The van der Waals surface area contributed by atoms with Gasteiger partial charge in [0, 0.05) is 5.30 Å². The molecule has 0 aliphatic carbocycles. The van der Waals surface area contributed by atoms with Crippen LogP contribution in [-0.4, -0.2) is 31.7 Å². The SMILES string of the molecule is CC.CC.CC1(C)OB(c2ccc(P(C)(C)=O)cc2)OC1(C)C. The fourth-order valence-corrected chi connectivity index (χ4v) is 2.84. The lowest BCUT2D eigenvalue weighted by Gasteiger charge is -2.32. The van der Waals surface area contributed by atoms with Gasteiger partial charge >= 0.3 is 7.12 Å². The molecule has 0 bridgehead atoms. The zero-order chi connectivity index (χ0) is 18.5. The smallest absolute Gasteiger partial charge is 0.399 e. The second kappa shape index (κ2) is 8.51. The highest BCUT2D eigenvalue weighted by Gasteiger charge is 2.51. The van der Waals surface area contributed by atoms with Gasteiger partial charge in [0.2, 0.25) is 0 Å². The van der Waals surface area contributed by atoms with E-state index in [0.717, 1.165) is 10.8 Å². The molecule has 0 spiro atoms. The van der Waals surface area contributed by atoms with E-state index in [1.807, 2.05) is 79.7 Å². The Morgan fingerprint density at radius 3 is 1.48 bits per heavy atom. The molecule has 1 aliphatic rings. The topological polar surface area (TPSA) is 35.5 Å². The maximum Gasteiger partial charge on any atom is 0.494 e. The highest BCUT2D eigenvalue weighted by Crippen LogP contribution is 2.37. The summed E-state index contributed by atoms with van der Waals surface area (Å²) in [7, 11) is -2.56. The lowest BCUT2D eigenvalue weighted by Crippen LogP contribution is -2.41. The van der Waals surface area contributed by atoms with E-state index >= 15 is 0 Å². The van der Waals surface area contributed by atoms with Crippen LogP contribution < -0.4 is 10.8 Å². The van der Waals surface area contributed by atoms with Crippen LogP contribution in [0, 0.1) is 0 Å². The van der Waals surface area contributed by atoms with Gasteiger partial charge in [-0.25, -0.2) is 0 Å². The number of benzene rings is 1. The Morgan fingerprint density at radius 2 is 1.17 bits per heavy atom. The first-order valence-corrected chi connectivity index (χ1v) is 11.1. The first kappa shape index (κ1) is 22.4. The van der Waals surface area contributed by atoms with E-state index in [-0.39, 0.29) is 18.3 Å². The van der Waals surface area contributed by atoms with Crippen molar-refractivity contribution in [2.75, 3.05) is 13.3 Å². The van der Waals surface area contributed by atoms with E-state index in [2.05, 4.69) is 0 Å². The fourth-order valence-electron chi connectivity index (χ4n) is 1.97. The van der Waals surface area contributed by atoms with E-state index in [4.69, 9.17) is 9.31 Å². The molecule has 132 valence electrons. The molecule has 0 N–H and O–H groups in total. The predicted octanol–water partition coefficient (Wildman–Crippen LogP) is 4.29. The van der Waals surface area contributed by atoms with Gasteiger partial charge in [-0.3, -0.25) is 0 Å². The van der Waals surface area contributed by atoms with Crippen molar-refractivity contribution in [2.45, 2.75) is 66.6 Å². The molecule has 0 saturated carbocycles. The molecule has 23 heavy (non-hydrogen) atoms. The summed E-state index contributed by atoms with van der Waals surface area (Å²) in [5, 5.41) is 0.882. The monoisotopic (exact) mass is 340 g/mol. The first-order chi connectivity index (χ1) is 10.5. The van der Waals surface area contributed by atoms with Gasteiger partial charge in [0.15, 0.2) is 0 Å². The van der Waals surface area contributed by atoms with Gasteiger partial charge in [-0.2, -0.15) is 0 Å². The molecule has 0 aromatic heterocycles. The Morgan fingerprint density at radius 1 is 0.826 bits per heavy atom. The highest BCUT2D eigenvalue weighted by molar-refractivity contribution is 7.70. The molecule has 2 rings (SSSR count). The minimum atomic E-state index is -2.20. The number of hydrogen-bond acceptors (Lipinski definition) is 3. The third-order valence-electron chi connectivity index (χ3n) is 4.04. The lowest BCUT2D eigenvalue weighted by molar-refractivity contribution is 0.00578. The maximum atomic E-state index is 12.0. The molecule has 1 fully saturated rings. The molecular formula is C18H34BO3P. The summed E-state index contributed by atoms with van der Waals surface area (Å²) in [5.41, 5.74) is 0.304. The molecule has 0 atom stereocenters. The van der Waals surface area contributed by atoms with Crippen molar-refractivity contribution in [3.05, 3.63) is 24.3 Å². The summed E-state index contributed by atoms with van der Waals surface area (Å²) in [5.74, 6) is 0. The Balaban J connectivity index is 0.00000112. The van der Waals surface area contributed by atoms with Gasteiger partial charge in [0.25, 0.3) is 0 Å². The third kappa shape index (κ3) is 5.48. The standard InChI is InChI=1S/C14H22BO3P.2C2H6/c1-13(2)14(3,4)18-15(17-13)11-7-9-12(10-8-11)19(5,6)16;2*1-2/h7-10H,1-6H3;2*1-2H3. The molecule has 1 aromatic rings. The van der Waals surface area contributed by atoms with Gasteiger partial charge in [-0.1, -0.05) is 52.0 Å². The van der Waals surface area contributed by atoms with Gasteiger partial charge in [-0.15, -0.1) is 0 Å². The van der Waals surface area contributed by atoms with Crippen LogP contribution in [0.3, 0.4) is 0 Å². The molecule has 3 nitrogen and oxygen atoms in total. The second-order valence-electron chi connectivity index (χ2n) is 6.53. The molecule has 0 amide bonds. The Bertz CT molecular complexity index is 502. The van der Waals surface area contributed by atoms with Crippen LogP contribution in [0.2, 0.25) is 0 Å². The van der Waals surface area contributed by atoms with E-state index in [1.165, 1.54) is 0 Å². The number of rotatable bonds is 2. The van der Waals surface area contributed by atoms with Crippen LogP contribution in [0.5, 0.6) is 0 Å². The largest absolute Gasteiger partial charge is 0.494 e. The predicted molar refractivity (Wildman–Crippen MR) is 104 cm³/mol. The molecule has 0 unspecified atom stereocenters. The van der Waals surface area contributed by atoms with Crippen LogP contribution >= 0.6 is 7.14 Å². The molecule has 1 aliphatic heterocycles. The summed E-state index contributed by atoms with van der Waals surface area (Å²) >= 11 is 0. The van der Waals surface area contributed by atoms with Crippen molar-refractivity contribution in [1.82, 2.24) is 0 Å². The summed E-state index contributed by atoms with van der Waals surface area (Å²) in [6, 6.07) is 7.69. The molecule has 1 heterocycles. The highest BCUT2D eigenvalue weighted by atomic mass is 31.2. The van der Waals surface area contributed by atoms with Gasteiger partial charge in [-0.05, 0) is 46.5 Å². The molecule has 0 radical (unpaired) electrons. The quantitative estimate of drug-likeness (QED) is 0.595. The maximum absolute atomic E-state index is 12.0. The summed E-state index contributed by atoms with van der Waals surface area (Å²) in [6.07, 6.45) is 0. The van der Waals surface area contributed by atoms with Crippen molar-refractivity contribution in [2.24, 2.45) is 0 Å². The number of hydrogen-bond donors (Lipinski definition) is 0. The van der Waals surface area contributed by atoms with Crippen LogP contribution in [0.4, 0.5) is 0 Å². The van der Waals surface area contributed by atoms with Gasteiger partial charge in [0.1, 0.15) is 7.14 Å². The lowest BCUT2D eigenvalue weighted by atomic mass is 9.79. The van der Waals surface area contributed by atoms with Crippen LogP contribution in [-0.2, 0) is 13.9 Å². The minimum absolute atomic E-state index is 0.332. The summed E-state index contributed by atoms with van der Waals surface area (Å²) in [4.78, 5) is 0. The minimum Gasteiger partial charge on any atom is -0.399 e. The van der Waals surface area contributed by atoms with Crippen LogP contribution in [0.1, 0.15) is 55.4 Å². The molecule has 1 saturated heterocycles. The van der Waals surface area contributed by atoms with Crippen molar-refractivity contribution in [3.63, 3.8) is 0 Å². The second-order valence-corrected chi connectivity index (χ2v) is 9.75. The first-order valence-electron chi connectivity index (χ1n) is 8.54. The van der Waals surface area contributed by atoms with E-state index in [0.29, 0.717) is 0 Å². The zero-order valence-corrected chi connectivity index (χ0v) is 17.5. The van der Waals surface area contributed by atoms with Crippen molar-refractivity contribution in [3.8, 4) is 0 Å².